The Morgan fingerprint density at radius 2 is 1.90 bits per heavy atom. The third kappa shape index (κ3) is 2.96. The van der Waals surface area contributed by atoms with Gasteiger partial charge in [-0.2, -0.15) is 0 Å². The van der Waals surface area contributed by atoms with E-state index in [9.17, 15) is 18.4 Å². The number of nitrogens with zero attached hydrogens (tertiary/aromatic N) is 6. The van der Waals surface area contributed by atoms with Gasteiger partial charge in [-0.3, -0.25) is 14.3 Å². The van der Waals surface area contributed by atoms with E-state index >= 15 is 0 Å². The van der Waals surface area contributed by atoms with Crippen LogP contribution in [0.25, 0.3) is 22.4 Å². The molecule has 0 saturated carbocycles. The maximum atomic E-state index is 13.8. The molecule has 4 aromatic rings. The number of halogens is 3. The first-order valence-corrected chi connectivity index (χ1v) is 8.83. The molecule has 0 bridgehead atoms. The summed E-state index contributed by atoms with van der Waals surface area (Å²) < 4.78 is 30.4. The van der Waals surface area contributed by atoms with Gasteiger partial charge >= 0.3 is 5.69 Å². The summed E-state index contributed by atoms with van der Waals surface area (Å²) in [6.45, 7) is 1.34. The molecule has 150 valence electrons. The van der Waals surface area contributed by atoms with E-state index in [0.29, 0.717) is 0 Å². The van der Waals surface area contributed by atoms with E-state index in [-0.39, 0.29) is 39.7 Å². The Balaban J connectivity index is 2.14. The first kappa shape index (κ1) is 19.5. The molecule has 30 heavy (non-hydrogen) atoms. The molecule has 0 aliphatic rings. The first-order chi connectivity index (χ1) is 14.3. The van der Waals surface area contributed by atoms with Crippen molar-refractivity contribution in [2.75, 3.05) is 0 Å². The van der Waals surface area contributed by atoms with Crippen molar-refractivity contribution in [2.24, 2.45) is 0 Å². The van der Waals surface area contributed by atoms with Crippen LogP contribution in [-0.4, -0.2) is 29.1 Å². The molecule has 0 unspecified atom stereocenters. The Labute approximate surface area is 172 Å². The number of hydrogen-bond donors (Lipinski definition) is 0. The maximum absolute atomic E-state index is 13.8. The van der Waals surface area contributed by atoms with E-state index in [1.165, 1.54) is 30.0 Å². The summed E-state index contributed by atoms with van der Waals surface area (Å²) in [6.07, 6.45) is 8.01. The molecule has 3 heterocycles. The molecular weight excluding hydrogens is 418 g/mol. The third-order valence-corrected chi connectivity index (χ3v) is 4.68. The van der Waals surface area contributed by atoms with Gasteiger partial charge in [-0.25, -0.2) is 22.8 Å². The van der Waals surface area contributed by atoms with Crippen molar-refractivity contribution in [3.05, 3.63) is 73.8 Å². The molecule has 8 nitrogen and oxygen atoms in total. The first-order valence-electron chi connectivity index (χ1n) is 8.45. The van der Waals surface area contributed by atoms with Gasteiger partial charge < -0.3 is 0 Å². The van der Waals surface area contributed by atoms with E-state index in [0.717, 1.165) is 21.4 Å². The Hall–Kier alpha value is -3.84. The molecule has 0 aliphatic heterocycles. The Bertz CT molecular complexity index is 1480. The second-order valence-corrected chi connectivity index (χ2v) is 6.70. The predicted molar refractivity (Wildman–Crippen MR) is 105 cm³/mol. The number of rotatable bonds is 3. The van der Waals surface area contributed by atoms with Crippen LogP contribution in [0.15, 0.2) is 40.2 Å². The van der Waals surface area contributed by atoms with Crippen LogP contribution < -0.4 is 11.2 Å². The number of hydrogen-bond acceptors (Lipinski definition) is 5. The van der Waals surface area contributed by atoms with Crippen LogP contribution >= 0.6 is 11.6 Å². The Kier molecular flexibility index (Phi) is 4.67. The fourth-order valence-corrected chi connectivity index (χ4v) is 3.26. The van der Waals surface area contributed by atoms with Crippen molar-refractivity contribution in [1.29, 1.82) is 0 Å². The van der Waals surface area contributed by atoms with Crippen LogP contribution in [0, 0.1) is 30.9 Å². The predicted octanol–water partition coefficient (Wildman–Crippen LogP) is 2.00. The molecule has 0 N–H and O–H groups in total. The molecular formula is C19H11ClF2N6O2. The normalized spacial score (nSPS) is 11.0. The average molecular weight is 429 g/mol. The molecule has 0 saturated heterocycles. The van der Waals surface area contributed by atoms with E-state index in [1.807, 2.05) is 0 Å². The number of fused-ring (bicyclic) bond motifs is 1. The fraction of sp³-hybridized carbons (Fsp3) is 0.105. The van der Waals surface area contributed by atoms with Crippen molar-refractivity contribution >= 4 is 22.6 Å². The number of terminal acetylenes is 1. The van der Waals surface area contributed by atoms with Gasteiger partial charge in [-0.05, 0) is 13.0 Å². The summed E-state index contributed by atoms with van der Waals surface area (Å²) in [5, 5.41) is 7.86. The minimum Gasteiger partial charge on any atom is -0.284 e. The molecule has 0 radical (unpaired) electrons. The average Bonchev–Trinajstić information content (AvgIpc) is 3.08. The zero-order chi connectivity index (χ0) is 21.6. The van der Waals surface area contributed by atoms with Crippen molar-refractivity contribution in [3.8, 4) is 23.7 Å². The number of aromatic nitrogens is 6. The van der Waals surface area contributed by atoms with Gasteiger partial charge in [0, 0.05) is 18.3 Å². The minimum absolute atomic E-state index is 0.0263. The third-order valence-electron chi connectivity index (χ3n) is 4.47. The lowest BCUT2D eigenvalue weighted by Crippen LogP contribution is -2.42. The van der Waals surface area contributed by atoms with Crippen LogP contribution in [0.3, 0.4) is 0 Å². The second kappa shape index (κ2) is 7.20. The van der Waals surface area contributed by atoms with E-state index in [4.69, 9.17) is 18.0 Å². The largest absolute Gasteiger partial charge is 0.336 e. The van der Waals surface area contributed by atoms with Crippen LogP contribution in [0.5, 0.6) is 0 Å². The summed E-state index contributed by atoms with van der Waals surface area (Å²) in [7, 11) is 0. The van der Waals surface area contributed by atoms with Crippen LogP contribution in [-0.2, 0) is 6.54 Å². The van der Waals surface area contributed by atoms with Gasteiger partial charge in [-0.1, -0.05) is 22.7 Å². The standard InChI is InChI=1S/C19H11ClF2N6O2/c1-3-4-26-10(2)17(28-16-7-14(22)13(21)6-15(16)24-25-28)18(29)27(19(26)30)12-5-11(20)8-23-9-12/h1,5-9H,4H2,2H3. The molecule has 0 spiro atoms. The van der Waals surface area contributed by atoms with Gasteiger partial charge in [0.2, 0.25) is 0 Å². The summed E-state index contributed by atoms with van der Waals surface area (Å²) >= 11 is 5.96. The maximum Gasteiger partial charge on any atom is 0.336 e. The molecule has 0 fully saturated rings. The number of pyridine rings is 1. The lowest BCUT2D eigenvalue weighted by atomic mass is 10.2. The molecule has 0 atom stereocenters. The lowest BCUT2D eigenvalue weighted by Gasteiger charge is -2.15. The van der Waals surface area contributed by atoms with Gasteiger partial charge in [-0.15, -0.1) is 11.5 Å². The molecule has 3 aromatic heterocycles. The van der Waals surface area contributed by atoms with Crippen LogP contribution in [0.2, 0.25) is 5.02 Å². The second-order valence-electron chi connectivity index (χ2n) is 6.27. The van der Waals surface area contributed by atoms with E-state index in [1.54, 1.807) is 0 Å². The molecule has 11 heteroatoms. The van der Waals surface area contributed by atoms with E-state index in [2.05, 4.69) is 21.2 Å². The lowest BCUT2D eigenvalue weighted by molar-refractivity contribution is 0.510. The van der Waals surface area contributed by atoms with Crippen molar-refractivity contribution in [3.63, 3.8) is 0 Å². The zero-order valence-electron chi connectivity index (χ0n) is 15.3. The van der Waals surface area contributed by atoms with Gasteiger partial charge in [0.15, 0.2) is 17.3 Å². The summed E-state index contributed by atoms with van der Waals surface area (Å²) in [4.78, 5) is 30.2. The van der Waals surface area contributed by atoms with Gasteiger partial charge in [0.05, 0.1) is 34.7 Å². The van der Waals surface area contributed by atoms with Gasteiger partial charge in [0.25, 0.3) is 5.56 Å². The molecule has 4 rings (SSSR count). The molecule has 0 aliphatic carbocycles. The highest BCUT2D eigenvalue weighted by Crippen LogP contribution is 2.20. The minimum atomic E-state index is -1.14. The molecule has 1 aromatic carbocycles. The van der Waals surface area contributed by atoms with Crippen molar-refractivity contribution < 1.29 is 8.78 Å². The summed E-state index contributed by atoms with van der Waals surface area (Å²) in [5.74, 6) is 0.108. The quantitative estimate of drug-likeness (QED) is 0.466. The van der Waals surface area contributed by atoms with Crippen LogP contribution in [0.1, 0.15) is 5.69 Å². The summed E-state index contributed by atoms with van der Waals surface area (Å²) in [5.41, 5.74) is -1.28. The highest BCUT2D eigenvalue weighted by molar-refractivity contribution is 6.30. The smallest absolute Gasteiger partial charge is 0.284 e. The highest BCUT2D eigenvalue weighted by atomic mass is 35.5. The SMILES string of the molecule is C#CCn1c(C)c(-n2nnc3cc(F)c(F)cc32)c(=O)n(-c2cncc(Cl)c2)c1=O. The van der Waals surface area contributed by atoms with Crippen LogP contribution in [0.4, 0.5) is 8.78 Å². The van der Waals surface area contributed by atoms with Crippen molar-refractivity contribution in [2.45, 2.75) is 13.5 Å². The topological polar surface area (TPSA) is 87.6 Å². The molecule has 0 amide bonds. The Morgan fingerprint density at radius 3 is 2.60 bits per heavy atom. The summed E-state index contributed by atoms with van der Waals surface area (Å²) in [6, 6.07) is 3.11. The van der Waals surface area contributed by atoms with Gasteiger partial charge in [0.1, 0.15) is 5.52 Å². The van der Waals surface area contributed by atoms with Crippen molar-refractivity contribution in [1.82, 2.24) is 29.1 Å². The monoisotopic (exact) mass is 428 g/mol. The Morgan fingerprint density at radius 1 is 1.17 bits per heavy atom. The fourth-order valence-electron chi connectivity index (χ4n) is 3.09. The van der Waals surface area contributed by atoms with E-state index < -0.39 is 22.9 Å². The zero-order valence-corrected chi connectivity index (χ0v) is 16.1. The number of benzene rings is 1. The highest BCUT2D eigenvalue weighted by Gasteiger charge is 2.22.